The van der Waals surface area contributed by atoms with Crippen LogP contribution in [0.15, 0.2) is 0 Å². The van der Waals surface area contributed by atoms with Crippen LogP contribution in [0.2, 0.25) is 0 Å². The molecule has 1 aromatic rings. The molecule has 16 heavy (non-hydrogen) atoms. The van der Waals surface area contributed by atoms with Gasteiger partial charge < -0.3 is 10.0 Å². The van der Waals surface area contributed by atoms with Crippen molar-refractivity contribution in [1.29, 1.82) is 0 Å². The van der Waals surface area contributed by atoms with Crippen molar-refractivity contribution in [2.24, 2.45) is 0 Å². The number of rotatable bonds is 3. The number of hydrogen-bond donors (Lipinski definition) is 1. The lowest BCUT2D eigenvalue weighted by atomic mass is 10.0. The molecule has 0 saturated heterocycles. The zero-order valence-corrected chi connectivity index (χ0v) is 10.3. The molecule has 0 aliphatic heterocycles. The minimum Gasteiger partial charge on any atom is -0.480 e. The molecule has 1 heterocycles. The normalized spacial score (nSPS) is 11.2. The first-order chi connectivity index (χ1) is 7.28. The fraction of sp³-hybridized carbons (Fsp3) is 0.556. The Kier molecular flexibility index (Phi) is 3.27. The van der Waals surface area contributed by atoms with Crippen LogP contribution >= 0.6 is 11.5 Å². The van der Waals surface area contributed by atoms with E-state index in [-0.39, 0.29) is 5.91 Å². The molecule has 0 aromatic carbocycles. The highest BCUT2D eigenvalue weighted by atomic mass is 32.1. The number of carboxylic acids is 1. The van der Waals surface area contributed by atoms with Gasteiger partial charge in [0.2, 0.25) is 0 Å². The average molecular weight is 243 g/mol. The van der Waals surface area contributed by atoms with Crippen LogP contribution in [0.4, 0.5) is 0 Å². The third-order valence-electron chi connectivity index (χ3n) is 2.51. The monoisotopic (exact) mass is 243 g/mol. The first-order valence-corrected chi connectivity index (χ1v) is 5.36. The lowest BCUT2D eigenvalue weighted by molar-refractivity contribution is -0.147. The minimum atomic E-state index is -1.26. The standard InChI is InChI=1S/C9H13N3O3S/c1-5-6(16-11-10-5)7(13)12(4)9(2,3)8(14)15/h1-4H3,(H,14,15). The number of aliphatic carboxylic acids is 1. The van der Waals surface area contributed by atoms with Gasteiger partial charge in [-0.15, -0.1) is 5.10 Å². The minimum absolute atomic E-state index is 0.372. The van der Waals surface area contributed by atoms with E-state index in [1.807, 2.05) is 0 Å². The Balaban J connectivity index is 3.00. The van der Waals surface area contributed by atoms with Gasteiger partial charge in [-0.3, -0.25) is 4.79 Å². The van der Waals surface area contributed by atoms with Gasteiger partial charge in [-0.25, -0.2) is 4.79 Å². The Bertz CT molecular complexity index is 427. The van der Waals surface area contributed by atoms with Crippen LogP contribution in [0.1, 0.15) is 29.2 Å². The molecular formula is C9H13N3O3S. The Morgan fingerprint density at radius 2 is 2.00 bits per heavy atom. The van der Waals surface area contributed by atoms with E-state index in [2.05, 4.69) is 9.59 Å². The van der Waals surface area contributed by atoms with Gasteiger partial charge in [0, 0.05) is 7.05 Å². The predicted molar refractivity (Wildman–Crippen MR) is 58.5 cm³/mol. The highest BCUT2D eigenvalue weighted by molar-refractivity contribution is 7.07. The van der Waals surface area contributed by atoms with Gasteiger partial charge in [-0.2, -0.15) is 0 Å². The van der Waals surface area contributed by atoms with E-state index in [1.165, 1.54) is 25.8 Å². The number of aromatic nitrogens is 2. The van der Waals surface area contributed by atoms with Gasteiger partial charge in [0.15, 0.2) is 0 Å². The quantitative estimate of drug-likeness (QED) is 0.848. The SMILES string of the molecule is Cc1nnsc1C(=O)N(C)C(C)(C)C(=O)O. The molecule has 6 nitrogen and oxygen atoms in total. The number of hydrogen-bond acceptors (Lipinski definition) is 5. The number of aryl methyl sites for hydroxylation is 1. The summed E-state index contributed by atoms with van der Waals surface area (Å²) >= 11 is 0.969. The molecule has 0 unspecified atom stereocenters. The number of likely N-dealkylation sites (N-methyl/N-ethyl adjacent to an activating group) is 1. The highest BCUT2D eigenvalue weighted by Gasteiger charge is 2.36. The van der Waals surface area contributed by atoms with E-state index in [4.69, 9.17) is 5.11 Å². The molecule has 1 rings (SSSR count). The van der Waals surface area contributed by atoms with Crippen LogP contribution in [0, 0.1) is 6.92 Å². The van der Waals surface area contributed by atoms with Crippen molar-refractivity contribution < 1.29 is 14.7 Å². The van der Waals surface area contributed by atoms with Crippen LogP contribution in [0.25, 0.3) is 0 Å². The first kappa shape index (κ1) is 12.6. The first-order valence-electron chi connectivity index (χ1n) is 4.59. The average Bonchev–Trinajstić information content (AvgIpc) is 2.61. The predicted octanol–water partition coefficient (Wildman–Crippen LogP) is 0.782. The maximum absolute atomic E-state index is 12.0. The molecule has 0 spiro atoms. The summed E-state index contributed by atoms with van der Waals surface area (Å²) in [5.41, 5.74) is -0.740. The van der Waals surface area contributed by atoms with Gasteiger partial charge in [0.25, 0.3) is 5.91 Å². The van der Waals surface area contributed by atoms with E-state index in [9.17, 15) is 9.59 Å². The molecule has 1 aromatic heterocycles. The molecule has 0 aliphatic carbocycles. The van der Waals surface area contributed by atoms with E-state index in [0.717, 1.165) is 11.5 Å². The summed E-state index contributed by atoms with van der Waals surface area (Å²) < 4.78 is 3.65. The lowest BCUT2D eigenvalue weighted by Crippen LogP contribution is -2.50. The van der Waals surface area contributed by atoms with Crippen LogP contribution < -0.4 is 0 Å². The molecular weight excluding hydrogens is 230 g/mol. The molecule has 0 bridgehead atoms. The van der Waals surface area contributed by atoms with Crippen molar-refractivity contribution in [2.45, 2.75) is 26.3 Å². The molecule has 7 heteroatoms. The summed E-state index contributed by atoms with van der Waals surface area (Å²) in [7, 11) is 1.45. The highest BCUT2D eigenvalue weighted by Crippen LogP contribution is 2.19. The smallest absolute Gasteiger partial charge is 0.329 e. The van der Waals surface area contributed by atoms with E-state index >= 15 is 0 Å². The van der Waals surface area contributed by atoms with Crippen LogP contribution in [-0.4, -0.2) is 44.1 Å². The summed E-state index contributed by atoms with van der Waals surface area (Å²) in [6.07, 6.45) is 0. The van der Waals surface area contributed by atoms with Crippen molar-refractivity contribution >= 4 is 23.4 Å². The Hall–Kier alpha value is -1.50. The van der Waals surface area contributed by atoms with Gasteiger partial charge in [-0.05, 0) is 32.3 Å². The van der Waals surface area contributed by atoms with Crippen molar-refractivity contribution in [1.82, 2.24) is 14.5 Å². The molecule has 1 amide bonds. The maximum atomic E-state index is 12.0. The molecule has 0 radical (unpaired) electrons. The third kappa shape index (κ3) is 2.04. The maximum Gasteiger partial charge on any atom is 0.329 e. The third-order valence-corrected chi connectivity index (χ3v) is 3.33. The summed E-state index contributed by atoms with van der Waals surface area (Å²) in [5, 5.41) is 12.7. The largest absolute Gasteiger partial charge is 0.480 e. The zero-order valence-electron chi connectivity index (χ0n) is 9.51. The van der Waals surface area contributed by atoms with Gasteiger partial charge >= 0.3 is 5.97 Å². The zero-order chi connectivity index (χ0) is 12.5. The van der Waals surface area contributed by atoms with Crippen LogP contribution in [-0.2, 0) is 4.79 Å². The number of amides is 1. The fourth-order valence-electron chi connectivity index (χ4n) is 0.977. The number of carbonyl (C=O) groups is 2. The summed E-state index contributed by atoms with van der Waals surface area (Å²) in [5.74, 6) is -1.43. The van der Waals surface area contributed by atoms with Gasteiger partial charge in [-0.1, -0.05) is 4.49 Å². The van der Waals surface area contributed by atoms with Crippen molar-refractivity contribution in [2.75, 3.05) is 7.05 Å². The van der Waals surface area contributed by atoms with Crippen molar-refractivity contribution in [3.8, 4) is 0 Å². The van der Waals surface area contributed by atoms with Crippen LogP contribution in [0.3, 0.4) is 0 Å². The summed E-state index contributed by atoms with van der Waals surface area (Å²) in [4.78, 5) is 24.5. The van der Waals surface area contributed by atoms with E-state index < -0.39 is 11.5 Å². The van der Waals surface area contributed by atoms with E-state index in [0.29, 0.717) is 10.6 Å². The molecule has 0 saturated carbocycles. The Morgan fingerprint density at radius 3 is 2.38 bits per heavy atom. The number of carbonyl (C=O) groups excluding carboxylic acids is 1. The van der Waals surface area contributed by atoms with Crippen molar-refractivity contribution in [3.63, 3.8) is 0 Å². The summed E-state index contributed by atoms with van der Waals surface area (Å²) in [6.45, 7) is 4.60. The molecule has 0 aliphatic rings. The molecule has 88 valence electrons. The second-order valence-corrected chi connectivity index (χ2v) is 4.67. The van der Waals surface area contributed by atoms with E-state index in [1.54, 1.807) is 6.92 Å². The lowest BCUT2D eigenvalue weighted by Gasteiger charge is -2.31. The van der Waals surface area contributed by atoms with Crippen molar-refractivity contribution in [3.05, 3.63) is 10.6 Å². The van der Waals surface area contributed by atoms with Crippen LogP contribution in [0.5, 0.6) is 0 Å². The fourth-order valence-corrected chi connectivity index (χ4v) is 1.61. The number of nitrogens with zero attached hydrogens (tertiary/aromatic N) is 3. The second kappa shape index (κ2) is 4.17. The molecule has 0 atom stereocenters. The van der Waals surface area contributed by atoms with Gasteiger partial charge in [0.05, 0.1) is 5.69 Å². The number of carboxylic acid groups (broad SMARTS) is 1. The molecule has 1 N–H and O–H groups in total. The Morgan fingerprint density at radius 1 is 1.44 bits per heavy atom. The second-order valence-electron chi connectivity index (χ2n) is 3.92. The molecule has 0 fully saturated rings. The summed E-state index contributed by atoms with van der Waals surface area (Å²) in [6, 6.07) is 0. The topological polar surface area (TPSA) is 83.4 Å². The Labute approximate surface area is 97.1 Å². The van der Waals surface area contributed by atoms with Gasteiger partial charge in [0.1, 0.15) is 10.4 Å².